The first-order chi connectivity index (χ1) is 8.38. The summed E-state index contributed by atoms with van der Waals surface area (Å²) in [6.45, 7) is 7.48. The first-order valence-electron chi connectivity index (χ1n) is 6.50. The van der Waals surface area contributed by atoms with Crippen molar-refractivity contribution in [3.8, 4) is 12.3 Å². The van der Waals surface area contributed by atoms with Crippen molar-refractivity contribution in [2.45, 2.75) is 64.6 Å². The van der Waals surface area contributed by atoms with Crippen LogP contribution in [0.15, 0.2) is 0 Å². The number of carbonyl (C=O) groups excluding carboxylic acids is 2. The van der Waals surface area contributed by atoms with Crippen LogP contribution in [0.4, 0.5) is 0 Å². The number of terminal acetylenes is 1. The molecule has 1 heterocycles. The molecule has 100 valence electrons. The van der Waals surface area contributed by atoms with Crippen molar-refractivity contribution in [1.82, 2.24) is 10.2 Å². The van der Waals surface area contributed by atoms with Crippen LogP contribution < -0.4 is 5.32 Å². The van der Waals surface area contributed by atoms with Gasteiger partial charge in [-0.25, -0.2) is 0 Å². The molecule has 0 aliphatic carbocycles. The lowest BCUT2D eigenvalue weighted by Crippen LogP contribution is -2.67. The third-order valence-corrected chi connectivity index (χ3v) is 3.39. The number of piperazine rings is 1. The summed E-state index contributed by atoms with van der Waals surface area (Å²) >= 11 is 0. The number of hydrogen-bond donors (Lipinski definition) is 1. The van der Waals surface area contributed by atoms with Crippen molar-refractivity contribution >= 4 is 11.8 Å². The van der Waals surface area contributed by atoms with Crippen LogP contribution in [0, 0.1) is 12.3 Å². The standard InChI is InChI=1S/C14H22N2O2/c1-6-9-10-13(18)16(14(4,5)8-3)11(7-2)12(17)15-10/h3,10-11H,6-7,9H2,1-2,4-5H3,(H,15,17). The van der Waals surface area contributed by atoms with E-state index in [9.17, 15) is 9.59 Å². The van der Waals surface area contributed by atoms with Gasteiger partial charge in [0, 0.05) is 0 Å². The fourth-order valence-electron chi connectivity index (χ4n) is 2.36. The summed E-state index contributed by atoms with van der Waals surface area (Å²) in [4.78, 5) is 26.1. The summed E-state index contributed by atoms with van der Waals surface area (Å²) < 4.78 is 0. The molecule has 0 bridgehead atoms. The van der Waals surface area contributed by atoms with Crippen LogP contribution in [0.3, 0.4) is 0 Å². The van der Waals surface area contributed by atoms with E-state index in [2.05, 4.69) is 11.2 Å². The van der Waals surface area contributed by atoms with Gasteiger partial charge in [-0.1, -0.05) is 26.2 Å². The highest BCUT2D eigenvalue weighted by molar-refractivity contribution is 5.97. The molecule has 1 aliphatic heterocycles. The van der Waals surface area contributed by atoms with E-state index < -0.39 is 17.6 Å². The van der Waals surface area contributed by atoms with Gasteiger partial charge in [0.2, 0.25) is 11.8 Å². The number of hydrogen-bond acceptors (Lipinski definition) is 2. The zero-order valence-corrected chi connectivity index (χ0v) is 11.6. The first kappa shape index (κ1) is 14.6. The van der Waals surface area contributed by atoms with Gasteiger partial charge in [-0.2, -0.15) is 0 Å². The molecule has 0 radical (unpaired) electrons. The third-order valence-electron chi connectivity index (χ3n) is 3.39. The zero-order chi connectivity index (χ0) is 13.9. The molecule has 1 rings (SSSR count). The molecule has 0 aromatic heterocycles. The molecule has 1 aliphatic rings. The van der Waals surface area contributed by atoms with Crippen LogP contribution in [0.25, 0.3) is 0 Å². The van der Waals surface area contributed by atoms with Gasteiger partial charge in [0.1, 0.15) is 12.1 Å². The second-order valence-corrected chi connectivity index (χ2v) is 5.19. The van der Waals surface area contributed by atoms with E-state index in [1.54, 1.807) is 18.7 Å². The summed E-state index contributed by atoms with van der Waals surface area (Å²) in [6, 6.07) is -0.894. The second-order valence-electron chi connectivity index (χ2n) is 5.19. The van der Waals surface area contributed by atoms with Gasteiger partial charge in [0.15, 0.2) is 0 Å². The number of nitrogens with zero attached hydrogens (tertiary/aromatic N) is 1. The SMILES string of the molecule is C#CC(C)(C)N1C(=O)C(CCC)NC(=O)C1CC. The Morgan fingerprint density at radius 2 is 2.00 bits per heavy atom. The number of rotatable bonds is 4. The van der Waals surface area contributed by atoms with Crippen LogP contribution in [-0.4, -0.2) is 34.3 Å². The molecule has 1 fully saturated rings. The van der Waals surface area contributed by atoms with Gasteiger partial charge in [-0.3, -0.25) is 9.59 Å². The largest absolute Gasteiger partial charge is 0.343 e. The van der Waals surface area contributed by atoms with Gasteiger partial charge in [0.05, 0.1) is 5.54 Å². The Bertz CT molecular complexity index is 382. The summed E-state index contributed by atoms with van der Waals surface area (Å²) in [6.07, 6.45) is 7.57. The molecule has 0 saturated carbocycles. The molecule has 1 N–H and O–H groups in total. The Balaban J connectivity index is 3.11. The fourth-order valence-corrected chi connectivity index (χ4v) is 2.36. The van der Waals surface area contributed by atoms with Crippen molar-refractivity contribution in [2.24, 2.45) is 0 Å². The Morgan fingerprint density at radius 3 is 2.44 bits per heavy atom. The predicted molar refractivity (Wildman–Crippen MR) is 70.7 cm³/mol. The number of carbonyl (C=O) groups is 2. The lowest BCUT2D eigenvalue weighted by molar-refractivity contribution is -0.154. The highest BCUT2D eigenvalue weighted by Gasteiger charge is 2.45. The maximum Gasteiger partial charge on any atom is 0.247 e. The molecule has 18 heavy (non-hydrogen) atoms. The molecule has 4 nitrogen and oxygen atoms in total. The van der Waals surface area contributed by atoms with Crippen LogP contribution in [-0.2, 0) is 9.59 Å². The highest BCUT2D eigenvalue weighted by Crippen LogP contribution is 2.24. The Kier molecular flexibility index (Phi) is 4.39. The first-order valence-corrected chi connectivity index (χ1v) is 6.50. The molecule has 1 saturated heterocycles. The minimum atomic E-state index is -0.735. The predicted octanol–water partition coefficient (Wildman–Crippen LogP) is 1.30. The monoisotopic (exact) mass is 250 g/mol. The van der Waals surface area contributed by atoms with Gasteiger partial charge in [-0.15, -0.1) is 6.42 Å². The van der Waals surface area contributed by atoms with Crippen LogP contribution in [0.5, 0.6) is 0 Å². The zero-order valence-electron chi connectivity index (χ0n) is 11.6. The molecule has 0 aromatic carbocycles. The molecule has 0 spiro atoms. The van der Waals surface area contributed by atoms with Crippen LogP contribution >= 0.6 is 0 Å². The van der Waals surface area contributed by atoms with Gasteiger partial charge >= 0.3 is 0 Å². The summed E-state index contributed by atoms with van der Waals surface area (Å²) in [5.41, 5.74) is -0.735. The van der Waals surface area contributed by atoms with Gasteiger partial charge < -0.3 is 10.2 Å². The lowest BCUT2D eigenvalue weighted by atomic mass is 9.94. The Labute approximate surface area is 109 Å². The van der Waals surface area contributed by atoms with Crippen molar-refractivity contribution < 1.29 is 9.59 Å². The molecule has 4 heteroatoms. The Morgan fingerprint density at radius 1 is 1.39 bits per heavy atom. The van der Waals surface area contributed by atoms with Crippen molar-refractivity contribution in [3.63, 3.8) is 0 Å². The fraction of sp³-hybridized carbons (Fsp3) is 0.714. The lowest BCUT2D eigenvalue weighted by Gasteiger charge is -2.45. The van der Waals surface area contributed by atoms with Crippen molar-refractivity contribution in [1.29, 1.82) is 0 Å². The van der Waals surface area contributed by atoms with Crippen molar-refractivity contribution in [3.05, 3.63) is 0 Å². The molecule has 2 unspecified atom stereocenters. The average molecular weight is 250 g/mol. The van der Waals surface area contributed by atoms with E-state index in [0.717, 1.165) is 6.42 Å². The van der Waals surface area contributed by atoms with Gasteiger partial charge in [-0.05, 0) is 26.7 Å². The quantitative estimate of drug-likeness (QED) is 0.765. The van der Waals surface area contributed by atoms with E-state index in [-0.39, 0.29) is 11.8 Å². The normalized spacial score (nSPS) is 24.7. The highest BCUT2D eigenvalue weighted by atomic mass is 16.2. The summed E-state index contributed by atoms with van der Waals surface area (Å²) in [5, 5.41) is 2.80. The molecule has 2 amide bonds. The smallest absolute Gasteiger partial charge is 0.247 e. The van der Waals surface area contributed by atoms with E-state index in [1.807, 2.05) is 13.8 Å². The van der Waals surface area contributed by atoms with Crippen LogP contribution in [0.2, 0.25) is 0 Å². The second kappa shape index (κ2) is 5.43. The molecule has 0 aromatic rings. The minimum Gasteiger partial charge on any atom is -0.343 e. The minimum absolute atomic E-state index is 0.0637. The molecule has 2 atom stereocenters. The number of nitrogens with one attached hydrogen (secondary N) is 1. The third kappa shape index (κ3) is 2.50. The maximum absolute atomic E-state index is 12.5. The Hall–Kier alpha value is -1.50. The summed E-state index contributed by atoms with van der Waals surface area (Å²) in [7, 11) is 0. The van der Waals surface area contributed by atoms with E-state index in [0.29, 0.717) is 12.8 Å². The maximum atomic E-state index is 12.5. The molecular weight excluding hydrogens is 228 g/mol. The van der Waals surface area contributed by atoms with Gasteiger partial charge in [0.25, 0.3) is 0 Å². The summed E-state index contributed by atoms with van der Waals surface area (Å²) in [5.74, 6) is 2.45. The van der Waals surface area contributed by atoms with E-state index in [1.165, 1.54) is 0 Å². The topological polar surface area (TPSA) is 49.4 Å². The average Bonchev–Trinajstić information content (AvgIpc) is 2.32. The van der Waals surface area contributed by atoms with E-state index >= 15 is 0 Å². The van der Waals surface area contributed by atoms with Crippen LogP contribution in [0.1, 0.15) is 47.0 Å². The van der Waals surface area contributed by atoms with E-state index in [4.69, 9.17) is 6.42 Å². The number of amides is 2. The molecular formula is C14H22N2O2. The van der Waals surface area contributed by atoms with Crippen molar-refractivity contribution in [2.75, 3.05) is 0 Å².